The average Bonchev–Trinajstić information content (AvgIpc) is 3.18. The number of carbonyl (C=O) groups is 1. The van der Waals surface area contributed by atoms with Crippen molar-refractivity contribution in [3.63, 3.8) is 0 Å². The van der Waals surface area contributed by atoms with Crippen molar-refractivity contribution in [2.24, 2.45) is 0 Å². The van der Waals surface area contributed by atoms with E-state index in [1.165, 1.54) is 14.2 Å². The quantitative estimate of drug-likeness (QED) is 0.507. The van der Waals surface area contributed by atoms with Gasteiger partial charge in [0, 0.05) is 11.7 Å². The first-order valence-corrected chi connectivity index (χ1v) is 12.4. The zero-order valence-corrected chi connectivity index (χ0v) is 20.5. The molecule has 0 spiro atoms. The Morgan fingerprint density at radius 2 is 1.74 bits per heavy atom. The highest BCUT2D eigenvalue weighted by atomic mass is 32.2. The number of amides is 1. The van der Waals surface area contributed by atoms with Crippen molar-refractivity contribution in [3.05, 3.63) is 77.9 Å². The summed E-state index contributed by atoms with van der Waals surface area (Å²) in [5.41, 5.74) is 3.02. The number of para-hydroxylation sites is 1. The summed E-state index contributed by atoms with van der Waals surface area (Å²) >= 11 is 0. The van der Waals surface area contributed by atoms with Gasteiger partial charge in [0.05, 0.1) is 19.9 Å². The van der Waals surface area contributed by atoms with Crippen molar-refractivity contribution in [1.82, 2.24) is 0 Å². The molecule has 1 atom stereocenters. The molecule has 3 aromatic carbocycles. The molecule has 0 N–H and O–H groups in total. The summed E-state index contributed by atoms with van der Waals surface area (Å²) in [6.07, 6.45) is 0.725. The lowest BCUT2D eigenvalue weighted by molar-refractivity contribution is -0.117. The second kappa shape index (κ2) is 9.38. The number of nitrogens with zero attached hydrogens (tertiary/aromatic N) is 2. The van der Waals surface area contributed by atoms with Crippen LogP contribution in [0.25, 0.3) is 0 Å². The lowest BCUT2D eigenvalue weighted by Crippen LogP contribution is -2.45. The van der Waals surface area contributed by atoms with Gasteiger partial charge in [0.1, 0.15) is 22.9 Å². The maximum Gasteiger partial charge on any atom is 0.268 e. The van der Waals surface area contributed by atoms with Crippen LogP contribution in [0.2, 0.25) is 0 Å². The smallest absolute Gasteiger partial charge is 0.268 e. The molecular formula is C26H28N2O5S. The monoisotopic (exact) mass is 480 g/mol. The van der Waals surface area contributed by atoms with Crippen LogP contribution in [0, 0.1) is 6.92 Å². The number of hydrogen-bond donors (Lipinski definition) is 0. The number of methoxy groups -OCH3 is 2. The summed E-state index contributed by atoms with van der Waals surface area (Å²) in [6, 6.07) is 19.2. The number of fused-ring (bicyclic) bond motifs is 1. The Balaban J connectivity index is 1.78. The third-order valence-electron chi connectivity index (χ3n) is 6.00. The van der Waals surface area contributed by atoms with Crippen molar-refractivity contribution in [1.29, 1.82) is 0 Å². The lowest BCUT2D eigenvalue weighted by Gasteiger charge is -2.29. The molecule has 0 fully saturated rings. The molecular weight excluding hydrogens is 452 g/mol. The maximum absolute atomic E-state index is 13.9. The molecule has 0 bridgehead atoms. The van der Waals surface area contributed by atoms with E-state index in [2.05, 4.69) is 0 Å². The number of sulfonamides is 1. The second-order valence-electron chi connectivity index (χ2n) is 8.31. The minimum atomic E-state index is -4.14. The van der Waals surface area contributed by atoms with E-state index in [4.69, 9.17) is 9.47 Å². The number of benzene rings is 3. The van der Waals surface area contributed by atoms with Gasteiger partial charge in [-0.2, -0.15) is 0 Å². The van der Waals surface area contributed by atoms with Gasteiger partial charge in [-0.15, -0.1) is 0 Å². The average molecular weight is 481 g/mol. The minimum Gasteiger partial charge on any atom is -0.497 e. The molecule has 0 aliphatic carbocycles. The molecule has 0 radical (unpaired) electrons. The van der Waals surface area contributed by atoms with Gasteiger partial charge in [-0.25, -0.2) is 8.42 Å². The van der Waals surface area contributed by atoms with Gasteiger partial charge < -0.3 is 14.4 Å². The van der Waals surface area contributed by atoms with Gasteiger partial charge in [0.2, 0.25) is 5.91 Å². The van der Waals surface area contributed by atoms with Crippen molar-refractivity contribution >= 4 is 27.3 Å². The Bertz CT molecular complexity index is 1310. The summed E-state index contributed by atoms with van der Waals surface area (Å²) in [4.78, 5) is 15.3. The first-order valence-electron chi connectivity index (χ1n) is 11.0. The van der Waals surface area contributed by atoms with Crippen LogP contribution in [0.1, 0.15) is 18.1 Å². The molecule has 0 saturated carbocycles. The van der Waals surface area contributed by atoms with E-state index in [0.29, 0.717) is 11.4 Å². The Hall–Kier alpha value is -3.52. The summed E-state index contributed by atoms with van der Waals surface area (Å²) in [5.74, 6) is 0.502. The number of rotatable bonds is 7. The highest BCUT2D eigenvalue weighted by molar-refractivity contribution is 7.93. The summed E-state index contributed by atoms with van der Waals surface area (Å²) in [6.45, 7) is 3.42. The van der Waals surface area contributed by atoms with Crippen molar-refractivity contribution in [3.8, 4) is 11.5 Å². The maximum atomic E-state index is 13.9. The topological polar surface area (TPSA) is 76.2 Å². The molecule has 1 unspecified atom stereocenters. The van der Waals surface area contributed by atoms with Gasteiger partial charge in [0.25, 0.3) is 10.0 Å². The molecule has 1 aliphatic rings. The van der Waals surface area contributed by atoms with Crippen LogP contribution in [-0.4, -0.2) is 41.1 Å². The number of hydrogen-bond acceptors (Lipinski definition) is 5. The van der Waals surface area contributed by atoms with Crippen LogP contribution < -0.4 is 18.7 Å². The van der Waals surface area contributed by atoms with Crippen LogP contribution in [0.4, 0.5) is 11.4 Å². The SMILES string of the molecule is COc1ccc(N(CC(=O)N2c3ccccc3CC2C)S(=O)(=O)c2cc(C)ccc2OC)cc1. The summed E-state index contributed by atoms with van der Waals surface area (Å²) in [5, 5.41) is 0. The summed E-state index contributed by atoms with van der Waals surface area (Å²) in [7, 11) is -1.17. The Kier molecular flexibility index (Phi) is 6.52. The highest BCUT2D eigenvalue weighted by Crippen LogP contribution is 2.34. The third-order valence-corrected chi connectivity index (χ3v) is 7.80. The van der Waals surface area contributed by atoms with Crippen molar-refractivity contribution in [2.75, 3.05) is 30.0 Å². The van der Waals surface area contributed by atoms with Crippen LogP contribution >= 0.6 is 0 Å². The Morgan fingerprint density at radius 3 is 2.41 bits per heavy atom. The molecule has 1 aliphatic heterocycles. The summed E-state index contributed by atoms with van der Waals surface area (Å²) < 4.78 is 39.6. The zero-order chi connectivity index (χ0) is 24.5. The normalized spacial score (nSPS) is 15.1. The van der Waals surface area contributed by atoms with Crippen LogP contribution in [0.15, 0.2) is 71.6 Å². The third kappa shape index (κ3) is 4.33. The molecule has 3 aromatic rings. The Morgan fingerprint density at radius 1 is 1.03 bits per heavy atom. The van der Waals surface area contributed by atoms with Gasteiger partial charge in [0.15, 0.2) is 0 Å². The van der Waals surface area contributed by atoms with Gasteiger partial charge in [-0.3, -0.25) is 9.10 Å². The Labute approximate surface area is 200 Å². The van der Waals surface area contributed by atoms with E-state index in [9.17, 15) is 13.2 Å². The number of aryl methyl sites for hydroxylation is 1. The largest absolute Gasteiger partial charge is 0.497 e. The van der Waals surface area contributed by atoms with E-state index in [-0.39, 0.29) is 29.1 Å². The molecule has 0 aromatic heterocycles. The van der Waals surface area contributed by atoms with E-state index in [1.54, 1.807) is 47.4 Å². The molecule has 7 nitrogen and oxygen atoms in total. The lowest BCUT2D eigenvalue weighted by atomic mass is 10.1. The van der Waals surface area contributed by atoms with E-state index >= 15 is 0 Å². The van der Waals surface area contributed by atoms with Crippen LogP contribution in [0.3, 0.4) is 0 Å². The van der Waals surface area contributed by atoms with Crippen molar-refractivity contribution < 1.29 is 22.7 Å². The van der Waals surface area contributed by atoms with E-state index < -0.39 is 10.0 Å². The van der Waals surface area contributed by atoms with Crippen LogP contribution in [-0.2, 0) is 21.2 Å². The number of carbonyl (C=O) groups excluding carboxylic acids is 1. The van der Waals surface area contributed by atoms with E-state index in [1.807, 2.05) is 38.1 Å². The molecule has 34 heavy (non-hydrogen) atoms. The fraction of sp³-hybridized carbons (Fsp3) is 0.269. The molecule has 1 heterocycles. The van der Waals surface area contributed by atoms with E-state index in [0.717, 1.165) is 27.5 Å². The first-order chi connectivity index (χ1) is 16.3. The number of anilines is 2. The van der Waals surface area contributed by atoms with Crippen LogP contribution in [0.5, 0.6) is 11.5 Å². The molecule has 4 rings (SSSR count). The molecule has 8 heteroatoms. The van der Waals surface area contributed by atoms with Gasteiger partial charge in [-0.05, 0) is 73.9 Å². The predicted octanol–water partition coefficient (Wildman–Crippen LogP) is 4.19. The zero-order valence-electron chi connectivity index (χ0n) is 19.7. The number of ether oxygens (including phenoxy) is 2. The fourth-order valence-corrected chi connectivity index (χ4v) is 5.97. The predicted molar refractivity (Wildman–Crippen MR) is 132 cm³/mol. The standard InChI is InChI=1S/C26H28N2O5S/c1-18-9-14-24(33-4)25(15-18)34(30,31)27(21-10-12-22(32-3)13-11-21)17-26(29)28-19(2)16-20-7-5-6-8-23(20)28/h5-15,19H,16-17H2,1-4H3. The highest BCUT2D eigenvalue weighted by Gasteiger charge is 2.35. The van der Waals surface area contributed by atoms with Gasteiger partial charge in [-0.1, -0.05) is 24.3 Å². The van der Waals surface area contributed by atoms with Gasteiger partial charge >= 0.3 is 0 Å². The fourth-order valence-electron chi connectivity index (χ4n) is 4.31. The molecule has 178 valence electrons. The minimum absolute atomic E-state index is 0.00786. The van der Waals surface area contributed by atoms with Crippen molar-refractivity contribution in [2.45, 2.75) is 31.2 Å². The molecule has 0 saturated heterocycles. The second-order valence-corrected chi connectivity index (χ2v) is 10.1. The molecule has 1 amide bonds. The first kappa shape index (κ1) is 23.6.